The van der Waals surface area contributed by atoms with Crippen molar-refractivity contribution >= 4 is 44.9 Å². The number of halogens is 3. The van der Waals surface area contributed by atoms with Crippen LogP contribution in [0.5, 0.6) is 0 Å². The number of hydrogen-bond donors (Lipinski definition) is 2. The molecule has 110 valence electrons. The largest absolute Gasteiger partial charge is 0.370 e. The van der Waals surface area contributed by atoms with Crippen LogP contribution >= 0.6 is 27.5 Å². The molecule has 1 amide bonds. The lowest BCUT2D eigenvalue weighted by Crippen LogP contribution is -2.13. The number of amides is 1. The second-order valence-corrected chi connectivity index (χ2v) is 5.42. The first-order chi connectivity index (χ1) is 10.0. The Kier molecular flexibility index (Phi) is 5.14. The molecule has 21 heavy (non-hydrogen) atoms. The van der Waals surface area contributed by atoms with Crippen molar-refractivity contribution in [3.63, 3.8) is 0 Å². The Morgan fingerprint density at radius 1 is 1.43 bits per heavy atom. The van der Waals surface area contributed by atoms with E-state index in [9.17, 15) is 9.18 Å². The summed E-state index contributed by atoms with van der Waals surface area (Å²) in [5.41, 5.74) is 0.697. The first-order valence-electron chi connectivity index (χ1n) is 6.17. The van der Waals surface area contributed by atoms with Crippen molar-refractivity contribution in [1.29, 1.82) is 0 Å². The minimum atomic E-state index is -0.485. The van der Waals surface area contributed by atoms with Gasteiger partial charge in [0.05, 0.1) is 16.3 Å². The first-order valence-corrected chi connectivity index (χ1v) is 7.34. The zero-order valence-corrected chi connectivity index (χ0v) is 13.4. The van der Waals surface area contributed by atoms with Crippen molar-refractivity contribution in [3.05, 3.63) is 51.3 Å². The maximum absolute atomic E-state index is 13.1. The first kappa shape index (κ1) is 15.7. The molecule has 0 aliphatic carbocycles. The number of nitrogens with one attached hydrogen (secondary N) is 2. The van der Waals surface area contributed by atoms with Crippen molar-refractivity contribution < 1.29 is 9.18 Å². The number of carbonyl (C=O) groups is 1. The topological polar surface area (TPSA) is 54.0 Å². The number of benzene rings is 1. The van der Waals surface area contributed by atoms with E-state index in [2.05, 4.69) is 31.5 Å². The molecule has 0 saturated heterocycles. The second-order valence-electron chi connectivity index (χ2n) is 4.16. The highest BCUT2D eigenvalue weighted by Crippen LogP contribution is 2.32. The number of anilines is 2. The Hall–Kier alpha value is -1.66. The highest BCUT2D eigenvalue weighted by atomic mass is 79.9. The summed E-state index contributed by atoms with van der Waals surface area (Å²) in [4.78, 5) is 16.2. The van der Waals surface area contributed by atoms with Crippen LogP contribution in [-0.2, 0) is 0 Å². The number of nitrogens with zero attached hydrogens (tertiary/aromatic N) is 1. The molecule has 0 radical (unpaired) electrons. The van der Waals surface area contributed by atoms with Gasteiger partial charge in [0, 0.05) is 17.2 Å². The van der Waals surface area contributed by atoms with Gasteiger partial charge in [-0.05, 0) is 47.1 Å². The van der Waals surface area contributed by atoms with E-state index in [0.717, 1.165) is 12.6 Å². The third-order valence-corrected chi connectivity index (χ3v) is 3.55. The van der Waals surface area contributed by atoms with E-state index in [1.54, 1.807) is 12.1 Å². The Bertz CT molecular complexity index is 641. The van der Waals surface area contributed by atoms with Gasteiger partial charge in [0.1, 0.15) is 11.6 Å². The zero-order valence-electron chi connectivity index (χ0n) is 11.1. The summed E-state index contributed by atoms with van der Waals surface area (Å²) in [7, 11) is 0. The molecular weight excluding hydrogens is 361 g/mol. The predicted octanol–water partition coefficient (Wildman–Crippen LogP) is 4.32. The van der Waals surface area contributed by atoms with E-state index in [0.29, 0.717) is 21.5 Å². The molecule has 0 atom stereocenters. The Labute approximate surface area is 134 Å². The maximum Gasteiger partial charge on any atom is 0.257 e. The summed E-state index contributed by atoms with van der Waals surface area (Å²) in [5.74, 6) is -0.170. The Balaban J connectivity index is 2.18. The molecule has 0 aliphatic heterocycles. The molecule has 0 aliphatic rings. The lowest BCUT2D eigenvalue weighted by molar-refractivity contribution is 0.102. The van der Waals surface area contributed by atoms with Gasteiger partial charge in [-0.15, -0.1) is 0 Å². The summed E-state index contributed by atoms with van der Waals surface area (Å²) >= 11 is 9.09. The molecule has 4 nitrogen and oxygen atoms in total. The van der Waals surface area contributed by atoms with Gasteiger partial charge < -0.3 is 10.6 Å². The van der Waals surface area contributed by atoms with Crippen LogP contribution in [0.15, 0.2) is 34.9 Å². The highest BCUT2D eigenvalue weighted by molar-refractivity contribution is 9.10. The van der Waals surface area contributed by atoms with Crippen LogP contribution in [-0.4, -0.2) is 17.4 Å². The van der Waals surface area contributed by atoms with Crippen LogP contribution in [0.1, 0.15) is 17.3 Å². The molecule has 0 spiro atoms. The quantitative estimate of drug-likeness (QED) is 0.840. The van der Waals surface area contributed by atoms with Crippen molar-refractivity contribution in [2.24, 2.45) is 0 Å². The van der Waals surface area contributed by atoms with Gasteiger partial charge >= 0.3 is 0 Å². The summed E-state index contributed by atoms with van der Waals surface area (Å²) in [6, 6.07) is 5.72. The fraction of sp³-hybridized carbons (Fsp3) is 0.143. The smallest absolute Gasteiger partial charge is 0.257 e. The lowest BCUT2D eigenvalue weighted by Gasteiger charge is -2.10. The fourth-order valence-electron chi connectivity index (χ4n) is 1.66. The van der Waals surface area contributed by atoms with Crippen molar-refractivity contribution in [2.45, 2.75) is 6.92 Å². The Morgan fingerprint density at radius 3 is 2.76 bits per heavy atom. The Morgan fingerprint density at radius 2 is 2.19 bits per heavy atom. The SMILES string of the molecule is CCNc1ccc(C(=O)Nc2c(Cl)cc(F)cc2Br)cn1. The lowest BCUT2D eigenvalue weighted by atomic mass is 10.2. The maximum atomic E-state index is 13.1. The van der Waals surface area contributed by atoms with E-state index in [-0.39, 0.29) is 10.9 Å². The minimum Gasteiger partial charge on any atom is -0.370 e. The minimum absolute atomic E-state index is 0.118. The number of rotatable bonds is 4. The highest BCUT2D eigenvalue weighted by Gasteiger charge is 2.13. The van der Waals surface area contributed by atoms with Crippen LogP contribution in [0.25, 0.3) is 0 Å². The van der Waals surface area contributed by atoms with Crippen LogP contribution in [0.4, 0.5) is 15.9 Å². The number of aromatic nitrogens is 1. The number of carbonyl (C=O) groups excluding carboxylic acids is 1. The molecular formula is C14H12BrClFN3O. The van der Waals surface area contributed by atoms with Gasteiger partial charge in [0.2, 0.25) is 0 Å². The summed E-state index contributed by atoms with van der Waals surface area (Å²) in [6.45, 7) is 2.70. The molecule has 1 aromatic carbocycles. The predicted molar refractivity (Wildman–Crippen MR) is 85.5 cm³/mol. The van der Waals surface area contributed by atoms with Gasteiger partial charge in [0.25, 0.3) is 5.91 Å². The summed E-state index contributed by atoms with van der Waals surface area (Å²) in [5, 5.41) is 5.78. The molecule has 0 unspecified atom stereocenters. The van der Waals surface area contributed by atoms with Crippen LogP contribution in [0.3, 0.4) is 0 Å². The average molecular weight is 373 g/mol. The van der Waals surface area contributed by atoms with Crippen molar-refractivity contribution in [1.82, 2.24) is 4.98 Å². The van der Waals surface area contributed by atoms with Crippen molar-refractivity contribution in [3.8, 4) is 0 Å². The van der Waals surface area contributed by atoms with Gasteiger partial charge in [-0.1, -0.05) is 11.6 Å². The van der Waals surface area contributed by atoms with E-state index < -0.39 is 5.82 Å². The van der Waals surface area contributed by atoms with Crippen LogP contribution < -0.4 is 10.6 Å². The standard InChI is InChI=1S/C14H12BrClFN3O/c1-2-18-12-4-3-8(7-19-12)14(21)20-13-10(15)5-9(17)6-11(13)16/h3-7H,2H2,1H3,(H,18,19)(H,20,21). The van der Waals surface area contributed by atoms with Crippen LogP contribution in [0, 0.1) is 5.82 Å². The second kappa shape index (κ2) is 6.87. The molecule has 1 heterocycles. The molecule has 1 aromatic heterocycles. The van der Waals surface area contributed by atoms with E-state index >= 15 is 0 Å². The monoisotopic (exact) mass is 371 g/mol. The van der Waals surface area contributed by atoms with Crippen LogP contribution in [0.2, 0.25) is 5.02 Å². The van der Waals surface area contributed by atoms with E-state index in [1.165, 1.54) is 12.3 Å². The molecule has 0 fully saturated rings. The van der Waals surface area contributed by atoms with Gasteiger partial charge in [-0.2, -0.15) is 0 Å². The summed E-state index contributed by atoms with van der Waals surface area (Å²) < 4.78 is 13.5. The number of hydrogen-bond acceptors (Lipinski definition) is 3. The van der Waals surface area contributed by atoms with E-state index in [1.807, 2.05) is 6.92 Å². The van der Waals surface area contributed by atoms with Crippen molar-refractivity contribution in [2.75, 3.05) is 17.2 Å². The molecule has 2 aromatic rings. The zero-order chi connectivity index (χ0) is 15.4. The normalized spacial score (nSPS) is 10.3. The number of pyridine rings is 1. The fourth-order valence-corrected chi connectivity index (χ4v) is 2.56. The van der Waals surface area contributed by atoms with Gasteiger partial charge in [-0.3, -0.25) is 4.79 Å². The molecule has 2 rings (SSSR count). The molecule has 0 saturated carbocycles. The van der Waals surface area contributed by atoms with Gasteiger partial charge in [0.15, 0.2) is 0 Å². The average Bonchev–Trinajstić information content (AvgIpc) is 2.43. The van der Waals surface area contributed by atoms with Gasteiger partial charge in [-0.25, -0.2) is 9.37 Å². The van der Waals surface area contributed by atoms with E-state index in [4.69, 9.17) is 11.6 Å². The third kappa shape index (κ3) is 3.92. The summed E-state index contributed by atoms with van der Waals surface area (Å²) in [6.07, 6.45) is 1.46. The molecule has 0 bridgehead atoms. The molecule has 2 N–H and O–H groups in total. The molecule has 7 heteroatoms. The third-order valence-electron chi connectivity index (χ3n) is 2.63.